The Balaban J connectivity index is 2.72. The monoisotopic (exact) mass is 307 g/mol. The van der Waals surface area contributed by atoms with Crippen LogP contribution < -0.4 is 5.32 Å². The van der Waals surface area contributed by atoms with Crippen LogP contribution in [0.3, 0.4) is 0 Å². The molecule has 1 rings (SSSR count). The van der Waals surface area contributed by atoms with E-state index in [-0.39, 0.29) is 12.1 Å². The second kappa shape index (κ2) is 4.88. The maximum absolute atomic E-state index is 9.18. The van der Waals surface area contributed by atoms with Crippen molar-refractivity contribution in [1.82, 2.24) is 9.97 Å². The molecule has 0 saturated heterocycles. The summed E-state index contributed by atoms with van der Waals surface area (Å²) in [5.74, 6) is 0.559. The van der Waals surface area contributed by atoms with Gasteiger partial charge < -0.3 is 10.4 Å². The standard InChI is InChI=1S/C9H14IN3O/c1-3-9(2,6-14)13-8-11-4-7(10)5-12-8/h4-5,14H,3,6H2,1-2H3,(H,11,12,13). The lowest BCUT2D eigenvalue weighted by Gasteiger charge is -2.26. The minimum absolute atomic E-state index is 0.0683. The van der Waals surface area contributed by atoms with E-state index in [0.29, 0.717) is 5.95 Å². The molecule has 1 atom stereocenters. The molecule has 0 aliphatic rings. The Hall–Kier alpha value is -0.430. The fourth-order valence-corrected chi connectivity index (χ4v) is 1.17. The molecule has 14 heavy (non-hydrogen) atoms. The Bertz CT molecular complexity index is 285. The van der Waals surface area contributed by atoms with Crippen molar-refractivity contribution in [2.24, 2.45) is 0 Å². The molecule has 78 valence electrons. The van der Waals surface area contributed by atoms with Crippen LogP contribution in [0.25, 0.3) is 0 Å². The van der Waals surface area contributed by atoms with E-state index in [1.807, 2.05) is 13.8 Å². The summed E-state index contributed by atoms with van der Waals surface area (Å²) >= 11 is 2.15. The van der Waals surface area contributed by atoms with E-state index in [4.69, 9.17) is 0 Å². The maximum Gasteiger partial charge on any atom is 0.223 e. The predicted octanol–water partition coefficient (Wildman–Crippen LogP) is 1.65. The summed E-state index contributed by atoms with van der Waals surface area (Å²) in [6, 6.07) is 0. The molecule has 0 aromatic carbocycles. The Kier molecular flexibility index (Phi) is 4.06. The summed E-state index contributed by atoms with van der Waals surface area (Å²) in [4.78, 5) is 8.24. The highest BCUT2D eigenvalue weighted by atomic mass is 127. The van der Waals surface area contributed by atoms with Crippen molar-refractivity contribution in [3.05, 3.63) is 16.0 Å². The van der Waals surface area contributed by atoms with Crippen molar-refractivity contribution in [2.75, 3.05) is 11.9 Å². The molecule has 0 bridgehead atoms. The minimum atomic E-state index is -0.340. The summed E-state index contributed by atoms with van der Waals surface area (Å²) in [6.45, 7) is 4.02. The predicted molar refractivity (Wildman–Crippen MR) is 64.2 cm³/mol. The highest BCUT2D eigenvalue weighted by Crippen LogP contribution is 2.14. The van der Waals surface area contributed by atoms with E-state index in [1.165, 1.54) is 0 Å². The molecule has 1 unspecified atom stereocenters. The van der Waals surface area contributed by atoms with E-state index < -0.39 is 0 Å². The van der Waals surface area contributed by atoms with Gasteiger partial charge >= 0.3 is 0 Å². The zero-order valence-corrected chi connectivity index (χ0v) is 10.4. The van der Waals surface area contributed by atoms with Gasteiger partial charge in [-0.2, -0.15) is 0 Å². The first-order valence-corrected chi connectivity index (χ1v) is 5.54. The number of nitrogens with zero attached hydrogens (tertiary/aromatic N) is 2. The summed E-state index contributed by atoms with van der Waals surface area (Å²) in [6.07, 6.45) is 4.30. The lowest BCUT2D eigenvalue weighted by molar-refractivity contribution is 0.218. The second-order valence-electron chi connectivity index (χ2n) is 3.42. The van der Waals surface area contributed by atoms with Crippen molar-refractivity contribution in [1.29, 1.82) is 0 Å². The van der Waals surface area contributed by atoms with E-state index >= 15 is 0 Å². The van der Waals surface area contributed by atoms with Crippen LogP contribution in [0.4, 0.5) is 5.95 Å². The molecule has 0 fully saturated rings. The molecule has 0 radical (unpaired) electrons. The van der Waals surface area contributed by atoms with Gasteiger partial charge in [0.2, 0.25) is 5.95 Å². The van der Waals surface area contributed by atoms with Gasteiger partial charge in [-0.25, -0.2) is 9.97 Å². The van der Waals surface area contributed by atoms with Crippen LogP contribution in [0.15, 0.2) is 12.4 Å². The van der Waals surface area contributed by atoms with Crippen molar-refractivity contribution < 1.29 is 5.11 Å². The number of halogens is 1. The normalized spacial score (nSPS) is 14.9. The SMILES string of the molecule is CCC(C)(CO)Nc1ncc(I)cn1. The molecule has 5 heteroatoms. The van der Waals surface area contributed by atoms with E-state index in [2.05, 4.69) is 37.9 Å². The molecule has 0 amide bonds. The average Bonchev–Trinajstić information content (AvgIpc) is 2.21. The number of aliphatic hydroxyl groups is 1. The first-order chi connectivity index (χ1) is 6.59. The number of aliphatic hydroxyl groups excluding tert-OH is 1. The molecule has 0 spiro atoms. The van der Waals surface area contributed by atoms with Crippen LogP contribution in [0, 0.1) is 3.57 Å². The topological polar surface area (TPSA) is 58.0 Å². The molecular formula is C9H14IN3O. The summed E-state index contributed by atoms with van der Waals surface area (Å²) in [5.41, 5.74) is -0.340. The van der Waals surface area contributed by atoms with Crippen LogP contribution in [0.2, 0.25) is 0 Å². The fourth-order valence-electron chi connectivity index (χ4n) is 0.886. The van der Waals surface area contributed by atoms with Gasteiger partial charge in [0.15, 0.2) is 0 Å². The third kappa shape index (κ3) is 3.06. The quantitative estimate of drug-likeness (QED) is 0.831. The molecular weight excluding hydrogens is 293 g/mol. The van der Waals surface area contributed by atoms with Gasteiger partial charge in [0.1, 0.15) is 0 Å². The fraction of sp³-hybridized carbons (Fsp3) is 0.556. The number of aromatic nitrogens is 2. The van der Waals surface area contributed by atoms with Crippen molar-refractivity contribution in [2.45, 2.75) is 25.8 Å². The van der Waals surface area contributed by atoms with Gasteiger partial charge in [0.05, 0.1) is 12.1 Å². The van der Waals surface area contributed by atoms with Crippen LogP contribution in [0.5, 0.6) is 0 Å². The molecule has 0 aliphatic carbocycles. The van der Waals surface area contributed by atoms with Gasteiger partial charge in [-0.15, -0.1) is 0 Å². The molecule has 0 saturated carbocycles. The summed E-state index contributed by atoms with van der Waals surface area (Å²) in [7, 11) is 0. The largest absolute Gasteiger partial charge is 0.394 e. The van der Waals surface area contributed by atoms with Gasteiger partial charge in [0, 0.05) is 16.0 Å². The Morgan fingerprint density at radius 3 is 2.50 bits per heavy atom. The third-order valence-electron chi connectivity index (χ3n) is 2.16. The van der Waals surface area contributed by atoms with Crippen LogP contribution >= 0.6 is 22.6 Å². The molecule has 1 aromatic rings. The third-order valence-corrected chi connectivity index (χ3v) is 2.72. The second-order valence-corrected chi connectivity index (χ2v) is 4.67. The molecule has 4 nitrogen and oxygen atoms in total. The molecule has 1 aromatic heterocycles. The number of anilines is 1. The van der Waals surface area contributed by atoms with E-state index in [0.717, 1.165) is 9.99 Å². The molecule has 0 aliphatic heterocycles. The molecule has 2 N–H and O–H groups in total. The van der Waals surface area contributed by atoms with E-state index in [1.54, 1.807) is 12.4 Å². The first-order valence-electron chi connectivity index (χ1n) is 4.46. The van der Waals surface area contributed by atoms with Gasteiger partial charge in [-0.05, 0) is 35.9 Å². The Labute approximate surface area is 97.3 Å². The van der Waals surface area contributed by atoms with Crippen LogP contribution in [-0.2, 0) is 0 Å². The van der Waals surface area contributed by atoms with Crippen molar-refractivity contribution in [3.63, 3.8) is 0 Å². The lowest BCUT2D eigenvalue weighted by Crippen LogP contribution is -2.38. The zero-order chi connectivity index (χ0) is 10.6. The van der Waals surface area contributed by atoms with Crippen LogP contribution in [-0.4, -0.2) is 27.2 Å². The minimum Gasteiger partial charge on any atom is -0.394 e. The maximum atomic E-state index is 9.18. The van der Waals surface area contributed by atoms with Gasteiger partial charge in [-0.3, -0.25) is 0 Å². The first kappa shape index (κ1) is 11.6. The lowest BCUT2D eigenvalue weighted by atomic mass is 10.0. The zero-order valence-electron chi connectivity index (χ0n) is 8.29. The van der Waals surface area contributed by atoms with Crippen molar-refractivity contribution in [3.8, 4) is 0 Å². The van der Waals surface area contributed by atoms with Gasteiger partial charge in [-0.1, -0.05) is 6.92 Å². The Morgan fingerprint density at radius 2 is 2.07 bits per heavy atom. The summed E-state index contributed by atoms with van der Waals surface area (Å²) < 4.78 is 0.996. The van der Waals surface area contributed by atoms with Crippen LogP contribution in [0.1, 0.15) is 20.3 Å². The van der Waals surface area contributed by atoms with E-state index in [9.17, 15) is 5.11 Å². The average molecular weight is 307 g/mol. The van der Waals surface area contributed by atoms with Crippen molar-refractivity contribution >= 4 is 28.5 Å². The smallest absolute Gasteiger partial charge is 0.223 e. The Morgan fingerprint density at radius 1 is 1.50 bits per heavy atom. The number of hydrogen-bond acceptors (Lipinski definition) is 4. The summed E-state index contributed by atoms with van der Waals surface area (Å²) in [5, 5.41) is 12.3. The highest BCUT2D eigenvalue weighted by molar-refractivity contribution is 14.1. The number of nitrogens with one attached hydrogen (secondary N) is 1. The highest BCUT2D eigenvalue weighted by Gasteiger charge is 2.21. The molecule has 1 heterocycles. The number of hydrogen-bond donors (Lipinski definition) is 2. The number of rotatable bonds is 4. The van der Waals surface area contributed by atoms with Gasteiger partial charge in [0.25, 0.3) is 0 Å².